The third-order valence-electron chi connectivity index (χ3n) is 5.01. The lowest BCUT2D eigenvalue weighted by Crippen LogP contribution is -2.41. The summed E-state index contributed by atoms with van der Waals surface area (Å²) in [6.45, 7) is 3.47. The van der Waals surface area contributed by atoms with Crippen LogP contribution in [0.2, 0.25) is 5.02 Å². The first-order valence-corrected chi connectivity index (χ1v) is 9.93. The summed E-state index contributed by atoms with van der Waals surface area (Å²) in [7, 11) is 0. The highest BCUT2D eigenvalue weighted by Crippen LogP contribution is 2.34. The number of thiophene rings is 1. The molecular formula is C19H16ClN5OS. The van der Waals surface area contributed by atoms with Gasteiger partial charge in [0.25, 0.3) is 5.91 Å². The predicted molar refractivity (Wildman–Crippen MR) is 105 cm³/mol. The molecule has 136 valence electrons. The molecule has 0 aromatic carbocycles. The van der Waals surface area contributed by atoms with E-state index in [-0.39, 0.29) is 11.9 Å². The first-order chi connectivity index (χ1) is 13.1. The van der Waals surface area contributed by atoms with Gasteiger partial charge in [0.05, 0.1) is 27.8 Å². The average Bonchev–Trinajstić information content (AvgIpc) is 3.39. The van der Waals surface area contributed by atoms with E-state index >= 15 is 0 Å². The van der Waals surface area contributed by atoms with Crippen LogP contribution < -0.4 is 0 Å². The summed E-state index contributed by atoms with van der Waals surface area (Å²) in [6.07, 6.45) is 3.20. The topological polar surface area (TPSA) is 55.4 Å². The van der Waals surface area contributed by atoms with E-state index in [4.69, 9.17) is 11.6 Å². The van der Waals surface area contributed by atoms with Gasteiger partial charge in [0.2, 0.25) is 0 Å². The van der Waals surface area contributed by atoms with E-state index in [9.17, 15) is 4.79 Å². The van der Waals surface area contributed by atoms with Gasteiger partial charge in [-0.15, -0.1) is 11.3 Å². The van der Waals surface area contributed by atoms with Gasteiger partial charge in [-0.05, 0) is 30.5 Å². The largest absolute Gasteiger partial charge is 0.340 e. The van der Waals surface area contributed by atoms with Gasteiger partial charge >= 0.3 is 0 Å². The number of carbonyl (C=O) groups is 1. The molecule has 1 aliphatic rings. The molecule has 0 spiro atoms. The minimum absolute atomic E-state index is 0.0266. The minimum Gasteiger partial charge on any atom is -0.340 e. The van der Waals surface area contributed by atoms with Gasteiger partial charge in [0.15, 0.2) is 11.3 Å². The van der Waals surface area contributed by atoms with E-state index in [2.05, 4.69) is 51.2 Å². The number of aromatic nitrogens is 4. The van der Waals surface area contributed by atoms with Crippen LogP contribution in [-0.2, 0) is 6.54 Å². The van der Waals surface area contributed by atoms with Crippen LogP contribution in [0.4, 0.5) is 0 Å². The molecule has 27 heavy (non-hydrogen) atoms. The summed E-state index contributed by atoms with van der Waals surface area (Å²) >= 11 is 7.69. The number of nitrogens with zero attached hydrogens (tertiary/aromatic N) is 5. The molecule has 5 heterocycles. The average molecular weight is 398 g/mol. The van der Waals surface area contributed by atoms with E-state index in [0.717, 1.165) is 12.2 Å². The molecule has 4 aromatic heterocycles. The minimum atomic E-state index is -0.0887. The molecule has 6 nitrogen and oxygen atoms in total. The second kappa shape index (κ2) is 6.21. The first-order valence-electron chi connectivity index (χ1n) is 8.67. The fraction of sp³-hybridized carbons (Fsp3) is 0.211. The fourth-order valence-corrected chi connectivity index (χ4v) is 4.58. The van der Waals surface area contributed by atoms with Crippen molar-refractivity contribution in [2.75, 3.05) is 6.54 Å². The highest BCUT2D eigenvalue weighted by molar-refractivity contribution is 7.13. The van der Waals surface area contributed by atoms with Crippen LogP contribution in [0.5, 0.6) is 0 Å². The van der Waals surface area contributed by atoms with E-state index in [1.807, 2.05) is 4.90 Å². The third-order valence-corrected chi connectivity index (χ3v) is 6.10. The molecule has 0 saturated heterocycles. The number of halogens is 1. The number of hydrogen-bond donors (Lipinski definition) is 0. The summed E-state index contributed by atoms with van der Waals surface area (Å²) in [6, 6.07) is 10.1. The molecule has 0 fully saturated rings. The molecule has 1 atom stereocenters. The number of fused-ring (bicyclic) bond motifs is 2. The van der Waals surface area contributed by atoms with Crippen molar-refractivity contribution < 1.29 is 4.79 Å². The quantitative estimate of drug-likeness (QED) is 0.511. The van der Waals surface area contributed by atoms with Gasteiger partial charge in [0.1, 0.15) is 0 Å². The predicted octanol–water partition coefficient (Wildman–Crippen LogP) is 4.13. The molecule has 0 bridgehead atoms. The van der Waals surface area contributed by atoms with Crippen molar-refractivity contribution in [3.05, 3.63) is 64.5 Å². The molecule has 1 unspecified atom stereocenters. The van der Waals surface area contributed by atoms with Gasteiger partial charge in [-0.25, -0.2) is 9.50 Å². The van der Waals surface area contributed by atoms with Crippen LogP contribution in [0.3, 0.4) is 0 Å². The van der Waals surface area contributed by atoms with Crippen LogP contribution in [0.25, 0.3) is 16.2 Å². The molecule has 1 amide bonds. The van der Waals surface area contributed by atoms with Crippen molar-refractivity contribution in [3.8, 4) is 10.6 Å². The van der Waals surface area contributed by atoms with Crippen LogP contribution in [-0.4, -0.2) is 36.5 Å². The van der Waals surface area contributed by atoms with Crippen LogP contribution in [0.1, 0.15) is 29.1 Å². The summed E-state index contributed by atoms with van der Waals surface area (Å²) in [5, 5.41) is 6.92. The lowest BCUT2D eigenvalue weighted by atomic mass is 10.1. The summed E-state index contributed by atoms with van der Waals surface area (Å²) < 4.78 is 3.85. The summed E-state index contributed by atoms with van der Waals surface area (Å²) in [5.41, 5.74) is 3.35. The molecule has 4 aromatic rings. The number of carbonyl (C=O) groups excluding carboxylic acids is 1. The fourth-order valence-electron chi connectivity index (χ4n) is 3.68. The van der Waals surface area contributed by atoms with Gasteiger partial charge in [-0.3, -0.25) is 4.79 Å². The van der Waals surface area contributed by atoms with Gasteiger partial charge in [0, 0.05) is 31.0 Å². The third kappa shape index (κ3) is 2.65. The van der Waals surface area contributed by atoms with Crippen molar-refractivity contribution in [2.45, 2.75) is 19.5 Å². The maximum absolute atomic E-state index is 13.1. The highest BCUT2D eigenvalue weighted by Gasteiger charge is 2.31. The molecule has 0 aliphatic carbocycles. The maximum Gasteiger partial charge on any atom is 0.275 e. The molecule has 0 radical (unpaired) electrons. The molecule has 1 aliphatic heterocycles. The van der Waals surface area contributed by atoms with Crippen molar-refractivity contribution in [1.29, 1.82) is 0 Å². The van der Waals surface area contributed by atoms with E-state index in [1.54, 1.807) is 34.3 Å². The van der Waals surface area contributed by atoms with E-state index in [1.165, 1.54) is 10.6 Å². The zero-order valence-corrected chi connectivity index (χ0v) is 16.1. The second-order valence-corrected chi connectivity index (χ2v) is 7.94. The molecule has 8 heteroatoms. The Morgan fingerprint density at radius 2 is 2.19 bits per heavy atom. The standard InChI is InChI=1S/C19H16ClN5OS/c1-12-15-4-5-16(17-3-2-8-27-17)24(15)7-6-23(12)19(26)14-9-18-21-10-13(20)11-25(18)22-14/h2-5,8-12H,6-7H2,1H3. The van der Waals surface area contributed by atoms with E-state index < -0.39 is 0 Å². The van der Waals surface area contributed by atoms with Crippen LogP contribution in [0.15, 0.2) is 48.1 Å². The smallest absolute Gasteiger partial charge is 0.275 e. The second-order valence-electron chi connectivity index (χ2n) is 6.55. The van der Waals surface area contributed by atoms with Crippen molar-refractivity contribution in [1.82, 2.24) is 24.1 Å². The zero-order chi connectivity index (χ0) is 18.5. The Balaban J connectivity index is 1.47. The van der Waals surface area contributed by atoms with Gasteiger partial charge in [-0.2, -0.15) is 5.10 Å². The zero-order valence-electron chi connectivity index (χ0n) is 14.5. The Hall–Kier alpha value is -2.64. The van der Waals surface area contributed by atoms with Crippen LogP contribution in [0, 0.1) is 0 Å². The Kier molecular flexibility index (Phi) is 3.80. The highest BCUT2D eigenvalue weighted by atomic mass is 35.5. The molecule has 0 saturated carbocycles. The number of amides is 1. The van der Waals surface area contributed by atoms with Crippen molar-refractivity contribution in [2.24, 2.45) is 0 Å². The molecule has 0 N–H and O–H groups in total. The lowest BCUT2D eigenvalue weighted by Gasteiger charge is -2.35. The maximum atomic E-state index is 13.1. The summed E-state index contributed by atoms with van der Waals surface area (Å²) in [4.78, 5) is 20.4. The summed E-state index contributed by atoms with van der Waals surface area (Å²) in [5.74, 6) is -0.0887. The van der Waals surface area contributed by atoms with E-state index in [0.29, 0.717) is 22.9 Å². The van der Waals surface area contributed by atoms with Crippen molar-refractivity contribution in [3.63, 3.8) is 0 Å². The Morgan fingerprint density at radius 3 is 3.00 bits per heavy atom. The number of rotatable bonds is 2. The van der Waals surface area contributed by atoms with Crippen molar-refractivity contribution >= 4 is 34.5 Å². The Morgan fingerprint density at radius 1 is 1.30 bits per heavy atom. The Bertz CT molecular complexity index is 1150. The number of hydrogen-bond acceptors (Lipinski definition) is 4. The normalized spacial score (nSPS) is 16.7. The Labute approximate surface area is 164 Å². The molecular weight excluding hydrogens is 382 g/mol. The monoisotopic (exact) mass is 397 g/mol. The lowest BCUT2D eigenvalue weighted by molar-refractivity contribution is 0.0638. The molecule has 5 rings (SSSR count). The first kappa shape index (κ1) is 16.5. The van der Waals surface area contributed by atoms with Gasteiger partial charge < -0.3 is 9.47 Å². The van der Waals surface area contributed by atoms with Gasteiger partial charge in [-0.1, -0.05) is 17.7 Å². The SMILES string of the molecule is CC1c2ccc(-c3cccs3)n2CCN1C(=O)c1cc2ncc(Cl)cn2n1. The van der Waals surface area contributed by atoms with Crippen LogP contribution >= 0.6 is 22.9 Å².